The molecular formula is C32H36N6O3. The summed E-state index contributed by atoms with van der Waals surface area (Å²) in [4.78, 5) is 22.6. The number of nitrogens with zero attached hydrogens (tertiary/aromatic N) is 5. The molecule has 0 aliphatic carbocycles. The molecule has 0 bridgehead atoms. The zero-order valence-electron chi connectivity index (χ0n) is 24.0. The topological polar surface area (TPSA) is 119 Å². The van der Waals surface area contributed by atoms with Crippen LogP contribution in [0.3, 0.4) is 0 Å². The van der Waals surface area contributed by atoms with Gasteiger partial charge in [-0.1, -0.05) is 6.07 Å². The first-order chi connectivity index (χ1) is 19.6. The number of hydrogen-bond acceptors (Lipinski definition) is 7. The number of likely N-dealkylation sites (tertiary alicyclic amines) is 1. The van der Waals surface area contributed by atoms with Gasteiger partial charge in [-0.2, -0.15) is 5.10 Å². The normalized spacial score (nSPS) is 13.3. The zero-order valence-corrected chi connectivity index (χ0v) is 24.0. The Hall–Kier alpha value is -4.50. The van der Waals surface area contributed by atoms with Crippen LogP contribution >= 0.6 is 0 Å². The number of aryl methyl sites for hydroxylation is 1. The first-order valence-corrected chi connectivity index (χ1v) is 13.8. The molecule has 6 rings (SSSR count). The summed E-state index contributed by atoms with van der Waals surface area (Å²) in [6.07, 6.45) is 7.66. The lowest BCUT2D eigenvalue weighted by Gasteiger charge is -2.17. The van der Waals surface area contributed by atoms with Gasteiger partial charge >= 0.3 is 0 Å². The molecule has 3 aromatic heterocycles. The predicted molar refractivity (Wildman–Crippen MR) is 162 cm³/mol. The maximum absolute atomic E-state index is 11.9. The fraction of sp³-hybridized carbons (Fsp3) is 0.312. The third-order valence-corrected chi connectivity index (χ3v) is 7.29. The van der Waals surface area contributed by atoms with Crippen LogP contribution in [0.5, 0.6) is 5.75 Å². The molecule has 1 aliphatic rings. The van der Waals surface area contributed by atoms with E-state index < -0.39 is 5.60 Å². The third-order valence-electron chi connectivity index (χ3n) is 7.29. The molecule has 1 aliphatic heterocycles. The highest BCUT2D eigenvalue weighted by atomic mass is 16.5. The standard InChI is InChI=1S/C20H21N5O.C12H15NO2/c1-12-14(19-15-8-18(21)23-9-13(15)6-7-22-19)4-5-17-16(12)10-24-25(17)11-20(2,3)26;1-15-11-6-4-10(5-7-11)12(14)13-8-2-3-9-13/h4-10,26H,11H2,1-3H3,(H2,21,23);4-7H,2-3,8-9H2,1H3. The van der Waals surface area contributed by atoms with Crippen molar-refractivity contribution in [2.45, 2.75) is 45.8 Å². The van der Waals surface area contributed by atoms with Gasteiger partial charge in [0.05, 0.1) is 36.7 Å². The van der Waals surface area contributed by atoms with E-state index in [4.69, 9.17) is 10.5 Å². The van der Waals surface area contributed by atoms with Crippen LogP contribution in [0.15, 0.2) is 67.1 Å². The van der Waals surface area contributed by atoms with Gasteiger partial charge in [-0.3, -0.25) is 14.5 Å². The summed E-state index contributed by atoms with van der Waals surface area (Å²) in [5.74, 6) is 1.40. The van der Waals surface area contributed by atoms with Gasteiger partial charge < -0.3 is 20.5 Å². The molecule has 9 nitrogen and oxygen atoms in total. The molecule has 1 amide bonds. The lowest BCUT2D eigenvalue weighted by atomic mass is 9.98. The summed E-state index contributed by atoms with van der Waals surface area (Å²) in [5, 5.41) is 17.6. The van der Waals surface area contributed by atoms with Crippen LogP contribution in [0.2, 0.25) is 0 Å². The number of fused-ring (bicyclic) bond motifs is 2. The van der Waals surface area contributed by atoms with E-state index in [0.717, 1.165) is 75.7 Å². The van der Waals surface area contributed by atoms with Crippen molar-refractivity contribution >= 4 is 33.4 Å². The number of benzene rings is 2. The van der Waals surface area contributed by atoms with Gasteiger partial charge in [-0.15, -0.1) is 0 Å². The fourth-order valence-electron chi connectivity index (χ4n) is 5.17. The lowest BCUT2D eigenvalue weighted by Crippen LogP contribution is -2.27. The first kappa shape index (κ1) is 28.0. The Morgan fingerprint density at radius 2 is 1.76 bits per heavy atom. The second kappa shape index (κ2) is 11.5. The van der Waals surface area contributed by atoms with E-state index in [2.05, 4.69) is 28.1 Å². The largest absolute Gasteiger partial charge is 0.497 e. The Kier molecular flexibility index (Phi) is 7.90. The smallest absolute Gasteiger partial charge is 0.253 e. The van der Waals surface area contributed by atoms with Gasteiger partial charge in [0.2, 0.25) is 0 Å². The van der Waals surface area contributed by atoms with E-state index in [1.165, 1.54) is 0 Å². The number of anilines is 1. The van der Waals surface area contributed by atoms with Crippen LogP contribution < -0.4 is 10.5 Å². The maximum atomic E-state index is 11.9. The predicted octanol–water partition coefficient (Wildman–Crippen LogP) is 5.24. The SMILES string of the molecule is COc1ccc(C(=O)N2CCCC2)cc1.Cc1c(-c2nccc3cnc(N)cc23)ccc2c1cnn2CC(C)(C)O. The van der Waals surface area contributed by atoms with Crippen LogP contribution in [0.1, 0.15) is 42.6 Å². The average molecular weight is 553 g/mol. The molecule has 212 valence electrons. The van der Waals surface area contributed by atoms with E-state index in [0.29, 0.717) is 12.4 Å². The molecule has 0 unspecified atom stereocenters. The number of aliphatic hydroxyl groups is 1. The molecule has 4 heterocycles. The minimum absolute atomic E-state index is 0.134. The second-order valence-electron chi connectivity index (χ2n) is 11.0. The molecule has 1 fully saturated rings. The van der Waals surface area contributed by atoms with Gasteiger partial charge in [-0.25, -0.2) is 4.98 Å². The van der Waals surface area contributed by atoms with Crippen molar-refractivity contribution in [3.63, 3.8) is 0 Å². The number of nitrogen functional groups attached to an aromatic ring is 1. The van der Waals surface area contributed by atoms with E-state index >= 15 is 0 Å². The Morgan fingerprint density at radius 1 is 1.02 bits per heavy atom. The number of pyridine rings is 2. The number of ether oxygens (including phenoxy) is 1. The van der Waals surface area contributed by atoms with Crippen LogP contribution in [0.25, 0.3) is 32.9 Å². The summed E-state index contributed by atoms with van der Waals surface area (Å²) in [6, 6.07) is 15.2. The van der Waals surface area contributed by atoms with Crippen LogP contribution in [0.4, 0.5) is 5.82 Å². The number of rotatable bonds is 5. The van der Waals surface area contributed by atoms with Crippen molar-refractivity contribution in [2.75, 3.05) is 25.9 Å². The Labute approximate surface area is 239 Å². The maximum Gasteiger partial charge on any atom is 0.253 e. The minimum atomic E-state index is -0.826. The first-order valence-electron chi connectivity index (χ1n) is 13.8. The molecular weight excluding hydrogens is 516 g/mol. The van der Waals surface area contributed by atoms with E-state index in [1.807, 2.05) is 58.2 Å². The number of amides is 1. The molecule has 0 radical (unpaired) electrons. The Morgan fingerprint density at radius 3 is 2.44 bits per heavy atom. The van der Waals surface area contributed by atoms with Crippen molar-refractivity contribution in [3.8, 4) is 17.0 Å². The fourth-order valence-corrected chi connectivity index (χ4v) is 5.17. The number of carbonyl (C=O) groups excluding carboxylic acids is 1. The highest BCUT2D eigenvalue weighted by Gasteiger charge is 2.20. The van der Waals surface area contributed by atoms with Gasteiger partial charge in [-0.05, 0) is 81.6 Å². The molecule has 1 saturated heterocycles. The summed E-state index contributed by atoms with van der Waals surface area (Å²) >= 11 is 0. The molecule has 9 heteroatoms. The zero-order chi connectivity index (χ0) is 29.1. The number of nitrogens with two attached hydrogens (primary N) is 1. The van der Waals surface area contributed by atoms with Crippen LogP contribution in [-0.4, -0.2) is 61.5 Å². The van der Waals surface area contributed by atoms with Crippen molar-refractivity contribution in [3.05, 3.63) is 78.2 Å². The van der Waals surface area contributed by atoms with Crippen LogP contribution in [-0.2, 0) is 6.54 Å². The summed E-state index contributed by atoms with van der Waals surface area (Å²) in [6.45, 7) is 7.85. The van der Waals surface area contributed by atoms with Gasteiger partial charge in [0, 0.05) is 52.8 Å². The Bertz CT molecular complexity index is 1680. The Balaban J connectivity index is 0.000000191. The number of methoxy groups -OCH3 is 1. The number of hydrogen-bond donors (Lipinski definition) is 2. The number of carbonyl (C=O) groups is 1. The van der Waals surface area contributed by atoms with Gasteiger partial charge in [0.15, 0.2) is 0 Å². The quantitative estimate of drug-likeness (QED) is 0.306. The number of aromatic nitrogens is 4. The third kappa shape index (κ3) is 6.15. The van der Waals surface area contributed by atoms with Crippen molar-refractivity contribution < 1.29 is 14.6 Å². The second-order valence-corrected chi connectivity index (χ2v) is 11.0. The monoisotopic (exact) mass is 552 g/mol. The molecule has 2 aromatic carbocycles. The molecule has 0 saturated carbocycles. The van der Waals surface area contributed by atoms with Crippen molar-refractivity contribution in [1.82, 2.24) is 24.6 Å². The highest BCUT2D eigenvalue weighted by Crippen LogP contribution is 2.33. The highest BCUT2D eigenvalue weighted by molar-refractivity contribution is 5.99. The van der Waals surface area contributed by atoms with E-state index in [1.54, 1.807) is 33.4 Å². The minimum Gasteiger partial charge on any atom is -0.497 e. The van der Waals surface area contributed by atoms with Gasteiger partial charge in [0.1, 0.15) is 11.6 Å². The van der Waals surface area contributed by atoms with Gasteiger partial charge in [0.25, 0.3) is 5.91 Å². The molecule has 0 spiro atoms. The average Bonchev–Trinajstić information content (AvgIpc) is 3.64. The summed E-state index contributed by atoms with van der Waals surface area (Å²) in [5.41, 5.74) is 9.82. The molecule has 41 heavy (non-hydrogen) atoms. The lowest BCUT2D eigenvalue weighted by molar-refractivity contribution is 0.0591. The molecule has 5 aromatic rings. The summed E-state index contributed by atoms with van der Waals surface area (Å²) in [7, 11) is 1.62. The molecule has 0 atom stereocenters. The van der Waals surface area contributed by atoms with E-state index in [-0.39, 0.29) is 5.91 Å². The summed E-state index contributed by atoms with van der Waals surface area (Å²) < 4.78 is 6.89. The van der Waals surface area contributed by atoms with Crippen molar-refractivity contribution in [2.24, 2.45) is 0 Å². The van der Waals surface area contributed by atoms with E-state index in [9.17, 15) is 9.90 Å². The molecule has 3 N–H and O–H groups in total. The van der Waals surface area contributed by atoms with Crippen LogP contribution in [0, 0.1) is 6.92 Å². The van der Waals surface area contributed by atoms with Crippen molar-refractivity contribution in [1.29, 1.82) is 0 Å².